The molecule has 0 radical (unpaired) electrons. The molecule has 0 saturated carbocycles. The molecule has 10 nitrogen and oxygen atoms in total. The van der Waals surface area contributed by atoms with Crippen LogP contribution in [-0.2, 0) is 10.5 Å². The van der Waals surface area contributed by atoms with Crippen LogP contribution in [0.1, 0.15) is 22.4 Å². The van der Waals surface area contributed by atoms with Crippen LogP contribution in [0.5, 0.6) is 5.75 Å². The molecular formula is C25H25N7O3S2. The number of thiazole rings is 1. The number of ether oxygens (including phenoxy) is 1. The molecule has 4 aromatic rings. The highest BCUT2D eigenvalue weighted by Gasteiger charge is 2.25. The Bertz CT molecular complexity index is 1400. The number of para-hydroxylation sites is 2. The van der Waals surface area contributed by atoms with Crippen LogP contribution >= 0.6 is 23.1 Å². The maximum Gasteiger partial charge on any atom is 0.273 e. The van der Waals surface area contributed by atoms with E-state index < -0.39 is 0 Å². The van der Waals surface area contributed by atoms with E-state index in [-0.39, 0.29) is 11.8 Å². The van der Waals surface area contributed by atoms with Gasteiger partial charge in [-0.15, -0.1) is 21.5 Å². The third kappa shape index (κ3) is 5.35. The molecule has 37 heavy (non-hydrogen) atoms. The number of hydrogen-bond acceptors (Lipinski definition) is 9. The Morgan fingerprint density at radius 3 is 2.57 bits per heavy atom. The maximum atomic E-state index is 12.9. The van der Waals surface area contributed by atoms with Gasteiger partial charge in [-0.2, -0.15) is 0 Å². The first-order valence-electron chi connectivity index (χ1n) is 11.7. The number of amides is 2. The van der Waals surface area contributed by atoms with Crippen molar-refractivity contribution in [3.63, 3.8) is 0 Å². The molecule has 0 N–H and O–H groups in total. The molecule has 5 rings (SSSR count). The van der Waals surface area contributed by atoms with Crippen LogP contribution in [0.15, 0.2) is 59.3 Å². The second kappa shape index (κ2) is 11.1. The van der Waals surface area contributed by atoms with Gasteiger partial charge in [0.25, 0.3) is 5.91 Å². The number of methoxy groups -OCH3 is 1. The van der Waals surface area contributed by atoms with Crippen LogP contribution < -0.4 is 4.74 Å². The summed E-state index contributed by atoms with van der Waals surface area (Å²) in [7, 11) is 1.63. The number of aromatic nitrogens is 5. The summed E-state index contributed by atoms with van der Waals surface area (Å²) in [6, 6.07) is 11.5. The van der Waals surface area contributed by atoms with Gasteiger partial charge in [0.15, 0.2) is 11.0 Å². The molecular weight excluding hydrogens is 510 g/mol. The normalized spacial score (nSPS) is 13.6. The summed E-state index contributed by atoms with van der Waals surface area (Å²) in [6.45, 7) is 3.67. The standard InChI is InChI=1S/C25H25N7O3S2/c1-17(33)30-10-12-31(13-11-30)24(34)19-15-36-22(27-19)16-37-25-29-28-23(18-6-5-9-26-14-18)32(25)20-7-3-4-8-21(20)35-2/h3-9,14-15H,10-13,16H2,1-2H3. The first-order chi connectivity index (χ1) is 18.0. The highest BCUT2D eigenvalue weighted by atomic mass is 32.2. The topological polar surface area (TPSA) is 106 Å². The molecule has 4 heterocycles. The zero-order valence-electron chi connectivity index (χ0n) is 20.4. The molecule has 1 saturated heterocycles. The van der Waals surface area contributed by atoms with Gasteiger partial charge >= 0.3 is 0 Å². The van der Waals surface area contributed by atoms with E-state index in [1.807, 2.05) is 41.0 Å². The van der Waals surface area contributed by atoms with Crippen LogP contribution in [0.25, 0.3) is 17.1 Å². The summed E-state index contributed by atoms with van der Waals surface area (Å²) >= 11 is 2.93. The number of nitrogens with zero attached hydrogens (tertiary/aromatic N) is 7. The lowest BCUT2D eigenvalue weighted by Crippen LogP contribution is -2.50. The first-order valence-corrected chi connectivity index (χ1v) is 13.5. The van der Waals surface area contributed by atoms with E-state index in [0.29, 0.717) is 54.4 Å². The Kier molecular flexibility index (Phi) is 7.47. The van der Waals surface area contributed by atoms with E-state index in [4.69, 9.17) is 4.74 Å². The van der Waals surface area contributed by atoms with Crippen molar-refractivity contribution in [1.82, 2.24) is 34.5 Å². The summed E-state index contributed by atoms with van der Waals surface area (Å²) in [6.07, 6.45) is 3.47. The number of carbonyl (C=O) groups excluding carboxylic acids is 2. The van der Waals surface area contributed by atoms with Crippen molar-refractivity contribution in [2.24, 2.45) is 0 Å². The predicted octanol–water partition coefficient (Wildman–Crippen LogP) is 3.39. The van der Waals surface area contributed by atoms with E-state index in [2.05, 4.69) is 20.2 Å². The lowest BCUT2D eigenvalue weighted by Gasteiger charge is -2.33. The van der Waals surface area contributed by atoms with Gasteiger partial charge in [-0.25, -0.2) is 4.98 Å². The number of carbonyl (C=O) groups is 2. The zero-order valence-corrected chi connectivity index (χ0v) is 22.0. The Balaban J connectivity index is 1.35. The van der Waals surface area contributed by atoms with Crippen LogP contribution in [0, 0.1) is 0 Å². The number of benzene rings is 1. The fourth-order valence-corrected chi connectivity index (χ4v) is 5.80. The highest BCUT2D eigenvalue weighted by molar-refractivity contribution is 7.98. The fraction of sp³-hybridized carbons (Fsp3) is 0.280. The lowest BCUT2D eigenvalue weighted by atomic mass is 10.2. The second-order valence-corrected chi connectivity index (χ2v) is 10.2. The van der Waals surface area contributed by atoms with E-state index in [9.17, 15) is 9.59 Å². The molecule has 0 aliphatic carbocycles. The zero-order chi connectivity index (χ0) is 25.8. The molecule has 12 heteroatoms. The van der Waals surface area contributed by atoms with E-state index in [1.165, 1.54) is 23.1 Å². The molecule has 1 aliphatic heterocycles. The lowest BCUT2D eigenvalue weighted by molar-refractivity contribution is -0.130. The molecule has 0 spiro atoms. The Labute approximate surface area is 222 Å². The number of piperazine rings is 1. The van der Waals surface area contributed by atoms with Gasteiger partial charge in [0.05, 0.1) is 18.6 Å². The SMILES string of the molecule is COc1ccccc1-n1c(SCc2nc(C(=O)N3CCN(C(C)=O)CC3)cs2)nnc1-c1cccnc1. The Morgan fingerprint density at radius 1 is 1.05 bits per heavy atom. The minimum atomic E-state index is -0.105. The number of pyridine rings is 1. The summed E-state index contributed by atoms with van der Waals surface area (Å²) in [5, 5.41) is 12.2. The summed E-state index contributed by atoms with van der Waals surface area (Å²) in [4.78, 5) is 36.8. The van der Waals surface area contributed by atoms with E-state index in [1.54, 1.807) is 41.6 Å². The molecule has 1 aromatic carbocycles. The van der Waals surface area contributed by atoms with Gasteiger partial charge in [0, 0.05) is 56.4 Å². The first kappa shape index (κ1) is 24.9. The maximum absolute atomic E-state index is 12.9. The van der Waals surface area contributed by atoms with Crippen molar-refractivity contribution in [2.45, 2.75) is 17.8 Å². The molecule has 1 aliphatic rings. The minimum Gasteiger partial charge on any atom is -0.495 e. The van der Waals surface area contributed by atoms with Gasteiger partial charge in [0.2, 0.25) is 5.91 Å². The van der Waals surface area contributed by atoms with Crippen molar-refractivity contribution in [1.29, 1.82) is 0 Å². The summed E-state index contributed by atoms with van der Waals surface area (Å²) in [5.74, 6) is 1.80. The number of thioether (sulfide) groups is 1. The Hall–Kier alpha value is -3.77. The molecule has 0 unspecified atom stereocenters. The van der Waals surface area contributed by atoms with E-state index in [0.717, 1.165) is 16.3 Å². The van der Waals surface area contributed by atoms with Crippen LogP contribution in [0.3, 0.4) is 0 Å². The predicted molar refractivity (Wildman–Crippen MR) is 141 cm³/mol. The highest BCUT2D eigenvalue weighted by Crippen LogP contribution is 2.33. The molecule has 0 atom stereocenters. The largest absolute Gasteiger partial charge is 0.495 e. The summed E-state index contributed by atoms with van der Waals surface area (Å²) in [5.41, 5.74) is 2.08. The monoisotopic (exact) mass is 535 g/mol. The smallest absolute Gasteiger partial charge is 0.273 e. The van der Waals surface area contributed by atoms with Crippen LogP contribution in [-0.4, -0.2) is 79.6 Å². The molecule has 2 amide bonds. The molecule has 3 aromatic heterocycles. The van der Waals surface area contributed by atoms with Gasteiger partial charge in [-0.05, 0) is 24.3 Å². The third-order valence-corrected chi connectivity index (χ3v) is 7.96. The summed E-state index contributed by atoms with van der Waals surface area (Å²) < 4.78 is 7.56. The van der Waals surface area contributed by atoms with Gasteiger partial charge in [0.1, 0.15) is 16.5 Å². The van der Waals surface area contributed by atoms with Crippen molar-refractivity contribution >= 4 is 34.9 Å². The van der Waals surface area contributed by atoms with Crippen molar-refractivity contribution in [3.05, 3.63) is 64.9 Å². The third-order valence-electron chi connectivity index (χ3n) is 5.99. The quantitative estimate of drug-likeness (QED) is 0.332. The van der Waals surface area contributed by atoms with Crippen molar-refractivity contribution in [2.75, 3.05) is 33.3 Å². The molecule has 0 bridgehead atoms. The molecule has 1 fully saturated rings. The number of hydrogen-bond donors (Lipinski definition) is 0. The fourth-order valence-electron chi connectivity index (χ4n) is 4.07. The second-order valence-electron chi connectivity index (χ2n) is 8.27. The van der Waals surface area contributed by atoms with Crippen molar-refractivity contribution < 1.29 is 14.3 Å². The van der Waals surface area contributed by atoms with Gasteiger partial charge in [-0.1, -0.05) is 23.9 Å². The van der Waals surface area contributed by atoms with E-state index >= 15 is 0 Å². The average Bonchev–Trinajstić information content (AvgIpc) is 3.59. The Morgan fingerprint density at radius 2 is 1.84 bits per heavy atom. The van der Waals surface area contributed by atoms with Crippen LogP contribution in [0.2, 0.25) is 0 Å². The van der Waals surface area contributed by atoms with Crippen LogP contribution in [0.4, 0.5) is 0 Å². The molecule has 190 valence electrons. The number of rotatable bonds is 7. The average molecular weight is 536 g/mol. The van der Waals surface area contributed by atoms with Gasteiger partial charge < -0.3 is 14.5 Å². The van der Waals surface area contributed by atoms with Crippen molar-refractivity contribution in [3.8, 4) is 22.8 Å². The minimum absolute atomic E-state index is 0.0349. The van der Waals surface area contributed by atoms with Gasteiger partial charge in [-0.3, -0.25) is 19.1 Å².